The van der Waals surface area contributed by atoms with E-state index in [0.717, 1.165) is 15.9 Å². The predicted molar refractivity (Wildman–Crippen MR) is 94.0 cm³/mol. The highest BCUT2D eigenvalue weighted by Crippen LogP contribution is 2.10. The van der Waals surface area contributed by atoms with E-state index in [0.29, 0.717) is 11.3 Å². The maximum atomic E-state index is 12.3. The zero-order valence-corrected chi connectivity index (χ0v) is 14.7. The average Bonchev–Trinajstić information content (AvgIpc) is 2.56. The smallest absolute Gasteiger partial charge is 0.282 e. The Morgan fingerprint density at radius 1 is 1.22 bits per heavy atom. The van der Waals surface area contributed by atoms with E-state index in [4.69, 9.17) is 5.26 Å². The van der Waals surface area contributed by atoms with Crippen LogP contribution in [0.15, 0.2) is 53.0 Å². The number of anilines is 1. The summed E-state index contributed by atoms with van der Waals surface area (Å²) in [6.45, 7) is 2.68. The number of nitrogens with one attached hydrogen (secondary N) is 2. The molecule has 0 aliphatic rings. The third-order valence-corrected chi connectivity index (χ3v) is 4.34. The first kappa shape index (κ1) is 17.2. The van der Waals surface area contributed by atoms with Gasteiger partial charge in [0.15, 0.2) is 6.04 Å². The molecule has 4 nitrogen and oxygen atoms in total. The Morgan fingerprint density at radius 3 is 2.39 bits per heavy atom. The fraction of sp³-hybridized carbons (Fsp3) is 0.222. The van der Waals surface area contributed by atoms with Gasteiger partial charge in [0.2, 0.25) is 0 Å². The minimum absolute atomic E-state index is 0.0377. The maximum absolute atomic E-state index is 12.3. The van der Waals surface area contributed by atoms with Crippen molar-refractivity contribution in [2.45, 2.75) is 19.5 Å². The summed E-state index contributed by atoms with van der Waals surface area (Å²) in [6.07, 6.45) is 0. The van der Waals surface area contributed by atoms with Gasteiger partial charge in [-0.15, -0.1) is 0 Å². The molecule has 1 amide bonds. The number of nitrogens with zero attached hydrogens (tertiary/aromatic N) is 1. The van der Waals surface area contributed by atoms with E-state index in [1.807, 2.05) is 26.1 Å². The van der Waals surface area contributed by atoms with Gasteiger partial charge in [-0.1, -0.05) is 28.1 Å². The zero-order chi connectivity index (χ0) is 16.8. The van der Waals surface area contributed by atoms with Crippen molar-refractivity contribution in [1.29, 1.82) is 5.26 Å². The Labute approximate surface area is 144 Å². The van der Waals surface area contributed by atoms with E-state index in [2.05, 4.69) is 39.4 Å². The second kappa shape index (κ2) is 7.91. The number of nitriles is 1. The summed E-state index contributed by atoms with van der Waals surface area (Å²) in [6, 6.07) is 16.9. The number of amides is 1. The van der Waals surface area contributed by atoms with E-state index < -0.39 is 0 Å². The lowest BCUT2D eigenvalue weighted by Gasteiger charge is -2.21. The molecule has 0 fully saturated rings. The fourth-order valence-corrected chi connectivity index (χ4v) is 2.44. The molecule has 2 atom stereocenters. The molecular weight excluding hydrogens is 354 g/mol. The van der Waals surface area contributed by atoms with Crippen LogP contribution in [0.1, 0.15) is 18.1 Å². The van der Waals surface area contributed by atoms with Gasteiger partial charge >= 0.3 is 0 Å². The standard InChI is InChI=1S/C18H18BrN3O/c1-13(22(2)12-15-3-7-16(19)8-4-15)18(23)21-17-9-5-14(11-20)6-10-17/h3-10,13H,12H2,1-2H3,(H,21,23)/p+1/t13-/m1/s1. The van der Waals surface area contributed by atoms with Crippen molar-refractivity contribution < 1.29 is 9.69 Å². The minimum atomic E-state index is -0.186. The van der Waals surface area contributed by atoms with E-state index in [1.165, 1.54) is 5.56 Å². The zero-order valence-electron chi connectivity index (χ0n) is 13.1. The lowest BCUT2D eigenvalue weighted by atomic mass is 10.2. The molecule has 2 aromatic rings. The van der Waals surface area contributed by atoms with Crippen LogP contribution in [0.5, 0.6) is 0 Å². The highest BCUT2D eigenvalue weighted by Gasteiger charge is 2.22. The van der Waals surface area contributed by atoms with Gasteiger partial charge in [-0.25, -0.2) is 0 Å². The number of carbonyl (C=O) groups excluding carboxylic acids is 1. The van der Waals surface area contributed by atoms with Crippen LogP contribution in [-0.2, 0) is 11.3 Å². The summed E-state index contributed by atoms with van der Waals surface area (Å²) in [5.41, 5.74) is 2.47. The Hall–Kier alpha value is -2.16. The minimum Gasteiger partial charge on any atom is -0.324 e. The number of hydrogen-bond donors (Lipinski definition) is 2. The van der Waals surface area contributed by atoms with Gasteiger partial charge in [0, 0.05) is 15.7 Å². The molecule has 0 heterocycles. The molecule has 0 radical (unpaired) electrons. The maximum Gasteiger partial charge on any atom is 0.282 e. The van der Waals surface area contributed by atoms with Crippen molar-refractivity contribution >= 4 is 27.5 Å². The first-order valence-corrected chi connectivity index (χ1v) is 8.16. The number of hydrogen-bond acceptors (Lipinski definition) is 2. The molecule has 1 unspecified atom stereocenters. The number of likely N-dealkylation sites (N-methyl/N-ethyl adjacent to an activating group) is 1. The molecule has 0 saturated carbocycles. The lowest BCUT2D eigenvalue weighted by Crippen LogP contribution is -3.12. The normalized spacial score (nSPS) is 13.0. The lowest BCUT2D eigenvalue weighted by molar-refractivity contribution is -0.907. The molecule has 2 N–H and O–H groups in total. The van der Waals surface area contributed by atoms with Crippen LogP contribution < -0.4 is 10.2 Å². The van der Waals surface area contributed by atoms with Crippen molar-refractivity contribution in [3.63, 3.8) is 0 Å². The van der Waals surface area contributed by atoms with Gasteiger partial charge in [-0.3, -0.25) is 4.79 Å². The molecule has 0 saturated heterocycles. The topological polar surface area (TPSA) is 57.3 Å². The summed E-state index contributed by atoms with van der Waals surface area (Å²) in [4.78, 5) is 13.5. The van der Waals surface area contributed by atoms with Gasteiger partial charge < -0.3 is 10.2 Å². The molecule has 0 aromatic heterocycles. The monoisotopic (exact) mass is 372 g/mol. The van der Waals surface area contributed by atoms with Gasteiger partial charge in [0.05, 0.1) is 18.7 Å². The highest BCUT2D eigenvalue weighted by molar-refractivity contribution is 9.10. The van der Waals surface area contributed by atoms with Crippen molar-refractivity contribution in [2.24, 2.45) is 0 Å². The largest absolute Gasteiger partial charge is 0.324 e. The van der Waals surface area contributed by atoms with Crippen LogP contribution in [0.2, 0.25) is 0 Å². The summed E-state index contributed by atoms with van der Waals surface area (Å²) in [5.74, 6) is -0.0377. The first-order valence-electron chi connectivity index (χ1n) is 7.37. The van der Waals surface area contributed by atoms with Crippen LogP contribution in [0, 0.1) is 11.3 Å². The van der Waals surface area contributed by atoms with Crippen molar-refractivity contribution in [3.05, 3.63) is 64.1 Å². The number of carbonyl (C=O) groups is 1. The Kier molecular flexibility index (Phi) is 5.91. The Bertz CT molecular complexity index is 705. The van der Waals surface area contributed by atoms with Crippen LogP contribution in [0.3, 0.4) is 0 Å². The van der Waals surface area contributed by atoms with E-state index >= 15 is 0 Å². The molecule has 0 aliphatic heterocycles. The summed E-state index contributed by atoms with van der Waals surface area (Å²) < 4.78 is 1.05. The van der Waals surface area contributed by atoms with E-state index in [1.54, 1.807) is 24.3 Å². The molecular formula is C18H19BrN3O+. The Morgan fingerprint density at radius 2 is 1.83 bits per heavy atom. The number of benzene rings is 2. The third kappa shape index (κ3) is 4.92. The number of rotatable bonds is 5. The average molecular weight is 373 g/mol. The van der Waals surface area contributed by atoms with Crippen molar-refractivity contribution in [3.8, 4) is 6.07 Å². The molecule has 2 rings (SSSR count). The van der Waals surface area contributed by atoms with Gasteiger partial charge in [0.1, 0.15) is 6.54 Å². The van der Waals surface area contributed by atoms with Gasteiger partial charge in [-0.05, 0) is 43.3 Å². The summed E-state index contributed by atoms with van der Waals surface area (Å²) >= 11 is 3.42. The van der Waals surface area contributed by atoms with Gasteiger partial charge in [-0.2, -0.15) is 5.26 Å². The van der Waals surface area contributed by atoms with Crippen LogP contribution in [-0.4, -0.2) is 19.0 Å². The van der Waals surface area contributed by atoms with Crippen molar-refractivity contribution in [2.75, 3.05) is 12.4 Å². The van der Waals surface area contributed by atoms with Crippen LogP contribution in [0.25, 0.3) is 0 Å². The van der Waals surface area contributed by atoms with E-state index in [9.17, 15) is 4.79 Å². The molecule has 0 spiro atoms. The van der Waals surface area contributed by atoms with Gasteiger partial charge in [0.25, 0.3) is 5.91 Å². The molecule has 0 bridgehead atoms. The predicted octanol–water partition coefficient (Wildman–Crippen LogP) is 2.36. The number of quaternary nitrogens is 1. The van der Waals surface area contributed by atoms with Crippen LogP contribution in [0.4, 0.5) is 5.69 Å². The van der Waals surface area contributed by atoms with Crippen LogP contribution >= 0.6 is 15.9 Å². The second-order valence-corrected chi connectivity index (χ2v) is 6.47. The summed E-state index contributed by atoms with van der Waals surface area (Å²) in [7, 11) is 2.01. The molecule has 23 heavy (non-hydrogen) atoms. The summed E-state index contributed by atoms with van der Waals surface area (Å²) in [5, 5.41) is 11.7. The molecule has 0 aliphatic carbocycles. The van der Waals surface area contributed by atoms with E-state index in [-0.39, 0.29) is 11.9 Å². The second-order valence-electron chi connectivity index (χ2n) is 5.55. The highest BCUT2D eigenvalue weighted by atomic mass is 79.9. The fourth-order valence-electron chi connectivity index (χ4n) is 2.18. The SMILES string of the molecule is C[C@H](C(=O)Nc1ccc(C#N)cc1)[NH+](C)Cc1ccc(Br)cc1. The number of halogens is 1. The Balaban J connectivity index is 1.95. The van der Waals surface area contributed by atoms with Crippen molar-refractivity contribution in [1.82, 2.24) is 0 Å². The first-order chi connectivity index (χ1) is 11.0. The molecule has 118 valence electrons. The molecule has 2 aromatic carbocycles. The third-order valence-electron chi connectivity index (χ3n) is 3.81. The quantitative estimate of drug-likeness (QED) is 0.846. The molecule has 5 heteroatoms.